The Labute approximate surface area is 118 Å². The normalized spacial score (nSPS) is 14.7. The van der Waals surface area contributed by atoms with Gasteiger partial charge in [0.1, 0.15) is 0 Å². The molecule has 0 heterocycles. The van der Waals surface area contributed by atoms with Crippen LogP contribution >= 0.6 is 11.6 Å². The van der Waals surface area contributed by atoms with Gasteiger partial charge in [-0.1, -0.05) is 11.6 Å². The second-order valence-electron chi connectivity index (χ2n) is 5.10. The van der Waals surface area contributed by atoms with Crippen LogP contribution in [0.2, 0.25) is 5.02 Å². The van der Waals surface area contributed by atoms with Crippen molar-refractivity contribution >= 4 is 28.9 Å². The van der Waals surface area contributed by atoms with Crippen LogP contribution in [-0.2, 0) is 4.79 Å². The highest BCUT2D eigenvalue weighted by Gasteiger charge is 2.25. The standard InChI is InChI=1S/C14H20ClN3O/c1-18(11-5-6-11)8-2-3-14(19)17-13-9-10(15)4-7-12(13)16/h4,7,9,11H,2-3,5-6,8,16H2,1H3,(H,17,19). The molecule has 0 saturated heterocycles. The number of nitrogens with zero attached hydrogens (tertiary/aromatic N) is 1. The van der Waals surface area contributed by atoms with Gasteiger partial charge in [0.05, 0.1) is 11.4 Å². The van der Waals surface area contributed by atoms with Gasteiger partial charge >= 0.3 is 0 Å². The van der Waals surface area contributed by atoms with Gasteiger partial charge in [0.2, 0.25) is 5.91 Å². The van der Waals surface area contributed by atoms with Crippen molar-refractivity contribution in [3.05, 3.63) is 23.2 Å². The number of halogens is 1. The SMILES string of the molecule is CN(CCCC(=O)Nc1cc(Cl)ccc1N)C1CC1. The zero-order valence-electron chi connectivity index (χ0n) is 11.2. The van der Waals surface area contributed by atoms with Crippen LogP contribution < -0.4 is 11.1 Å². The number of nitrogens with two attached hydrogens (primary N) is 1. The Bertz CT molecular complexity index is 460. The molecule has 1 fully saturated rings. The predicted molar refractivity (Wildman–Crippen MR) is 79.4 cm³/mol. The first-order valence-corrected chi connectivity index (χ1v) is 6.99. The maximum absolute atomic E-state index is 11.8. The number of amides is 1. The fourth-order valence-corrected chi connectivity index (χ4v) is 2.21. The summed E-state index contributed by atoms with van der Waals surface area (Å²) < 4.78 is 0. The molecule has 0 radical (unpaired) electrons. The highest BCUT2D eigenvalue weighted by Crippen LogP contribution is 2.25. The molecule has 1 aliphatic carbocycles. The van der Waals surface area contributed by atoms with E-state index in [4.69, 9.17) is 17.3 Å². The number of hydrogen-bond donors (Lipinski definition) is 2. The van der Waals surface area contributed by atoms with E-state index in [9.17, 15) is 4.79 Å². The largest absolute Gasteiger partial charge is 0.397 e. The molecule has 4 nitrogen and oxygen atoms in total. The van der Waals surface area contributed by atoms with Crippen molar-refractivity contribution in [2.45, 2.75) is 31.7 Å². The van der Waals surface area contributed by atoms with Crippen molar-refractivity contribution in [1.29, 1.82) is 0 Å². The van der Waals surface area contributed by atoms with Crippen LogP contribution in [0.1, 0.15) is 25.7 Å². The molecule has 0 atom stereocenters. The molecule has 5 heteroatoms. The Morgan fingerprint density at radius 1 is 1.53 bits per heavy atom. The van der Waals surface area contributed by atoms with Gasteiger partial charge in [-0.15, -0.1) is 0 Å². The number of carbonyl (C=O) groups is 1. The molecule has 19 heavy (non-hydrogen) atoms. The maximum Gasteiger partial charge on any atom is 0.224 e. The van der Waals surface area contributed by atoms with Crippen molar-refractivity contribution in [2.75, 3.05) is 24.6 Å². The van der Waals surface area contributed by atoms with Crippen LogP contribution in [0.15, 0.2) is 18.2 Å². The van der Waals surface area contributed by atoms with Crippen molar-refractivity contribution in [3.63, 3.8) is 0 Å². The molecule has 1 aliphatic rings. The highest BCUT2D eigenvalue weighted by atomic mass is 35.5. The van der Waals surface area contributed by atoms with Gasteiger partial charge in [-0.25, -0.2) is 0 Å². The van der Waals surface area contributed by atoms with Gasteiger partial charge in [-0.2, -0.15) is 0 Å². The van der Waals surface area contributed by atoms with E-state index in [2.05, 4.69) is 17.3 Å². The van der Waals surface area contributed by atoms with Crippen molar-refractivity contribution in [3.8, 4) is 0 Å². The smallest absolute Gasteiger partial charge is 0.224 e. The Kier molecular flexibility index (Phi) is 4.66. The van der Waals surface area contributed by atoms with Crippen LogP contribution in [0.5, 0.6) is 0 Å². The summed E-state index contributed by atoms with van der Waals surface area (Å²) in [4.78, 5) is 14.1. The van der Waals surface area contributed by atoms with E-state index in [0.29, 0.717) is 22.8 Å². The lowest BCUT2D eigenvalue weighted by Crippen LogP contribution is -2.23. The summed E-state index contributed by atoms with van der Waals surface area (Å²) in [5.74, 6) is -0.0156. The molecule has 1 aromatic rings. The second-order valence-corrected chi connectivity index (χ2v) is 5.53. The van der Waals surface area contributed by atoms with E-state index < -0.39 is 0 Å². The molecule has 104 valence electrons. The Hall–Kier alpha value is -1.26. The van der Waals surface area contributed by atoms with E-state index in [-0.39, 0.29) is 5.91 Å². The molecular formula is C14H20ClN3O. The summed E-state index contributed by atoms with van der Waals surface area (Å²) in [6, 6.07) is 5.81. The molecule has 1 saturated carbocycles. The molecule has 1 amide bonds. The van der Waals surface area contributed by atoms with Gasteiger partial charge in [0.15, 0.2) is 0 Å². The van der Waals surface area contributed by atoms with Crippen molar-refractivity contribution < 1.29 is 4.79 Å². The third-order valence-corrected chi connectivity index (χ3v) is 3.61. The van der Waals surface area contributed by atoms with Gasteiger partial charge in [0.25, 0.3) is 0 Å². The molecule has 0 aliphatic heterocycles. The minimum absolute atomic E-state index is 0.0156. The van der Waals surface area contributed by atoms with E-state index in [1.807, 2.05) is 0 Å². The molecule has 3 N–H and O–H groups in total. The molecule has 0 bridgehead atoms. The number of rotatable bonds is 6. The summed E-state index contributed by atoms with van der Waals surface area (Å²) >= 11 is 5.87. The summed E-state index contributed by atoms with van der Waals surface area (Å²) in [5, 5.41) is 3.37. The number of nitrogen functional groups attached to an aromatic ring is 1. The first-order valence-electron chi connectivity index (χ1n) is 6.61. The number of carbonyl (C=O) groups excluding carboxylic acids is 1. The second kappa shape index (κ2) is 6.26. The lowest BCUT2D eigenvalue weighted by atomic mass is 10.2. The lowest BCUT2D eigenvalue weighted by Gasteiger charge is -2.15. The number of benzene rings is 1. The minimum atomic E-state index is -0.0156. The summed E-state index contributed by atoms with van der Waals surface area (Å²) in [6.45, 7) is 0.961. The van der Waals surface area contributed by atoms with Crippen molar-refractivity contribution in [2.24, 2.45) is 0 Å². The maximum atomic E-state index is 11.8. The quantitative estimate of drug-likeness (QED) is 0.788. The zero-order chi connectivity index (χ0) is 13.8. The monoisotopic (exact) mass is 281 g/mol. The molecule has 1 aromatic carbocycles. The summed E-state index contributed by atoms with van der Waals surface area (Å²) in [7, 11) is 2.12. The number of nitrogens with one attached hydrogen (secondary N) is 1. The molecular weight excluding hydrogens is 262 g/mol. The Balaban J connectivity index is 1.75. The van der Waals surface area contributed by atoms with Crippen LogP contribution in [0.4, 0.5) is 11.4 Å². The Morgan fingerprint density at radius 2 is 2.26 bits per heavy atom. The average Bonchev–Trinajstić information content (AvgIpc) is 3.18. The van der Waals surface area contributed by atoms with Crippen LogP contribution in [-0.4, -0.2) is 30.4 Å². The third kappa shape index (κ3) is 4.40. The third-order valence-electron chi connectivity index (χ3n) is 3.37. The average molecular weight is 282 g/mol. The van der Waals surface area contributed by atoms with Gasteiger partial charge in [0, 0.05) is 17.5 Å². The summed E-state index contributed by atoms with van der Waals surface area (Å²) in [5.41, 5.74) is 6.91. The Morgan fingerprint density at radius 3 is 2.95 bits per heavy atom. The predicted octanol–water partition coefficient (Wildman–Crippen LogP) is 2.74. The van der Waals surface area contributed by atoms with E-state index in [1.54, 1.807) is 18.2 Å². The van der Waals surface area contributed by atoms with Gasteiger partial charge in [-0.05, 0) is 51.1 Å². The number of hydrogen-bond acceptors (Lipinski definition) is 3. The highest BCUT2D eigenvalue weighted by molar-refractivity contribution is 6.31. The molecule has 0 spiro atoms. The van der Waals surface area contributed by atoms with Crippen molar-refractivity contribution in [1.82, 2.24) is 4.90 Å². The van der Waals surface area contributed by atoms with Gasteiger partial charge in [-0.3, -0.25) is 4.79 Å². The zero-order valence-corrected chi connectivity index (χ0v) is 11.9. The first-order chi connectivity index (χ1) is 9.06. The lowest BCUT2D eigenvalue weighted by molar-refractivity contribution is -0.116. The fourth-order valence-electron chi connectivity index (χ4n) is 2.04. The van der Waals surface area contributed by atoms with Crippen LogP contribution in [0.25, 0.3) is 0 Å². The summed E-state index contributed by atoms with van der Waals surface area (Å²) in [6.07, 6.45) is 3.95. The molecule has 2 rings (SSSR count). The van der Waals surface area contributed by atoms with Gasteiger partial charge < -0.3 is 16.0 Å². The topological polar surface area (TPSA) is 58.4 Å². The first kappa shape index (κ1) is 14.2. The van der Waals surface area contributed by atoms with E-state index in [0.717, 1.165) is 19.0 Å². The minimum Gasteiger partial charge on any atom is -0.397 e. The fraction of sp³-hybridized carbons (Fsp3) is 0.500. The van der Waals surface area contributed by atoms with E-state index in [1.165, 1.54) is 12.8 Å². The van der Waals surface area contributed by atoms with Crippen LogP contribution in [0, 0.1) is 0 Å². The number of anilines is 2. The van der Waals surface area contributed by atoms with E-state index >= 15 is 0 Å². The molecule has 0 aromatic heterocycles. The van der Waals surface area contributed by atoms with Crippen LogP contribution in [0.3, 0.4) is 0 Å². The molecule has 0 unspecified atom stereocenters.